The summed E-state index contributed by atoms with van der Waals surface area (Å²) in [5, 5.41) is 2.59. The molecule has 3 unspecified atom stereocenters. The minimum Gasteiger partial charge on any atom is -0.468 e. The summed E-state index contributed by atoms with van der Waals surface area (Å²) in [4.78, 5) is 35.5. The highest BCUT2D eigenvalue weighted by atomic mass is 16.6. The van der Waals surface area contributed by atoms with Gasteiger partial charge in [0, 0.05) is 6.42 Å². The second kappa shape index (κ2) is 23.2. The molecule has 0 fully saturated rings. The van der Waals surface area contributed by atoms with Gasteiger partial charge in [0.05, 0.1) is 7.11 Å². The monoisotopic (exact) mass is 514 g/mol. The lowest BCUT2D eigenvalue weighted by atomic mass is 10.2. The van der Waals surface area contributed by atoms with Gasteiger partial charge in [0.1, 0.15) is 18.2 Å². The van der Waals surface area contributed by atoms with Crippen molar-refractivity contribution in [2.75, 3.05) is 7.11 Å². The summed E-state index contributed by atoms with van der Waals surface area (Å²) in [7, 11) is 1.21. The predicted octanol–water partition coefficient (Wildman–Crippen LogP) is 5.40. The van der Waals surface area contributed by atoms with Crippen LogP contribution < -0.4 is 11.1 Å². The molecule has 37 heavy (non-hydrogen) atoms. The first-order chi connectivity index (χ1) is 17.8. The van der Waals surface area contributed by atoms with E-state index in [-0.39, 0.29) is 12.3 Å². The second-order valence-electron chi connectivity index (χ2n) is 8.43. The molecule has 0 aliphatic carbocycles. The molecule has 3 N–H and O–H groups in total. The molecule has 0 spiro atoms. The van der Waals surface area contributed by atoms with Crippen molar-refractivity contribution in [1.29, 1.82) is 0 Å². The third kappa shape index (κ3) is 19.7. The van der Waals surface area contributed by atoms with Gasteiger partial charge in [-0.05, 0) is 58.8 Å². The maximum atomic E-state index is 12.1. The van der Waals surface area contributed by atoms with E-state index >= 15 is 0 Å². The molecule has 0 aromatic rings. The molecule has 0 rings (SSSR count). The van der Waals surface area contributed by atoms with Crippen molar-refractivity contribution >= 4 is 17.8 Å². The van der Waals surface area contributed by atoms with E-state index in [1.54, 1.807) is 0 Å². The number of methoxy groups -OCH3 is 1. The van der Waals surface area contributed by atoms with Crippen molar-refractivity contribution < 1.29 is 23.9 Å². The lowest BCUT2D eigenvalue weighted by Gasteiger charge is -2.21. The molecule has 206 valence electrons. The van der Waals surface area contributed by atoms with Crippen LogP contribution in [-0.2, 0) is 23.9 Å². The van der Waals surface area contributed by atoms with Crippen LogP contribution in [0, 0.1) is 0 Å². The Bertz CT molecular complexity index is 824. The maximum absolute atomic E-state index is 12.1. The Balaban J connectivity index is 3.93. The number of esters is 2. The standard InChI is InChI=1S/C30H46N2O5/c1-5-6-7-8-9-10-11-12-13-14-15-16-17-18-19-20-21-22-23-24-27(33)32-25(2)29(34)37-26(3)28(31)30(35)36-4/h6-7,9-10,12-13,15-16,18-19,21-22,25-26,28H,5,8,11,14,17,20,23-24,31H2,1-4H3,(H,32,33). The molecule has 0 bridgehead atoms. The molecule has 0 saturated carbocycles. The Morgan fingerprint density at radius 1 is 0.730 bits per heavy atom. The van der Waals surface area contributed by atoms with Gasteiger partial charge in [-0.25, -0.2) is 4.79 Å². The molecule has 0 saturated heterocycles. The SMILES string of the molecule is CCC=CCC=CCC=CCC=CCC=CCC=CCCC(=O)NC(C)C(=O)OC(C)C(N)C(=O)OC. The average molecular weight is 515 g/mol. The van der Waals surface area contributed by atoms with Crippen molar-refractivity contribution in [1.82, 2.24) is 5.32 Å². The first-order valence-electron chi connectivity index (χ1n) is 13.1. The third-order valence-corrected chi connectivity index (χ3v) is 5.15. The smallest absolute Gasteiger partial charge is 0.328 e. The Kier molecular flexibility index (Phi) is 21.2. The van der Waals surface area contributed by atoms with E-state index in [1.165, 1.54) is 21.0 Å². The highest BCUT2D eigenvalue weighted by molar-refractivity contribution is 5.84. The number of nitrogens with one attached hydrogen (secondary N) is 1. The van der Waals surface area contributed by atoms with Crippen LogP contribution in [0.4, 0.5) is 0 Å². The zero-order valence-electron chi connectivity index (χ0n) is 22.9. The van der Waals surface area contributed by atoms with Gasteiger partial charge < -0.3 is 20.5 Å². The van der Waals surface area contributed by atoms with Crippen LogP contribution in [-0.4, -0.2) is 43.1 Å². The largest absolute Gasteiger partial charge is 0.468 e. The minimum absolute atomic E-state index is 0.256. The summed E-state index contributed by atoms with van der Waals surface area (Å²) in [6.45, 7) is 5.16. The summed E-state index contributed by atoms with van der Waals surface area (Å²) in [5.74, 6) is -1.59. The predicted molar refractivity (Wildman–Crippen MR) is 151 cm³/mol. The summed E-state index contributed by atoms with van der Waals surface area (Å²) in [6.07, 6.45) is 31.2. The van der Waals surface area contributed by atoms with Gasteiger partial charge in [0.2, 0.25) is 5.91 Å². The fourth-order valence-corrected chi connectivity index (χ4v) is 2.91. The molecule has 0 aromatic heterocycles. The number of nitrogens with two attached hydrogens (primary N) is 1. The fourth-order valence-electron chi connectivity index (χ4n) is 2.91. The Morgan fingerprint density at radius 3 is 1.59 bits per heavy atom. The van der Waals surface area contributed by atoms with E-state index in [9.17, 15) is 14.4 Å². The maximum Gasteiger partial charge on any atom is 0.328 e. The van der Waals surface area contributed by atoms with E-state index in [4.69, 9.17) is 10.5 Å². The normalized spacial score (nSPS) is 14.8. The fraction of sp³-hybridized carbons (Fsp3) is 0.500. The molecule has 0 radical (unpaired) electrons. The van der Waals surface area contributed by atoms with Gasteiger partial charge in [0.15, 0.2) is 0 Å². The molecule has 0 aliphatic heterocycles. The number of allylic oxidation sites excluding steroid dienone is 12. The summed E-state index contributed by atoms with van der Waals surface area (Å²) in [6, 6.07) is -1.92. The van der Waals surface area contributed by atoms with E-state index < -0.39 is 30.1 Å². The third-order valence-electron chi connectivity index (χ3n) is 5.15. The number of amides is 1. The van der Waals surface area contributed by atoms with Crippen LogP contribution in [0.15, 0.2) is 72.9 Å². The molecule has 7 nitrogen and oxygen atoms in total. The molecule has 0 aromatic carbocycles. The van der Waals surface area contributed by atoms with Gasteiger partial charge in [0.25, 0.3) is 0 Å². The van der Waals surface area contributed by atoms with Crippen molar-refractivity contribution in [2.24, 2.45) is 5.73 Å². The van der Waals surface area contributed by atoms with Gasteiger partial charge in [-0.3, -0.25) is 9.59 Å². The lowest BCUT2D eigenvalue weighted by molar-refractivity contribution is -0.157. The van der Waals surface area contributed by atoms with E-state index in [2.05, 4.69) is 77.7 Å². The van der Waals surface area contributed by atoms with Gasteiger partial charge in [-0.1, -0.05) is 79.8 Å². The van der Waals surface area contributed by atoms with Crippen LogP contribution in [0.3, 0.4) is 0 Å². The van der Waals surface area contributed by atoms with Crippen LogP contribution >= 0.6 is 0 Å². The lowest BCUT2D eigenvalue weighted by Crippen LogP contribution is -2.47. The molecule has 7 heteroatoms. The molecule has 3 atom stereocenters. The van der Waals surface area contributed by atoms with Crippen LogP contribution in [0.1, 0.15) is 72.1 Å². The molecule has 0 aliphatic rings. The number of hydrogen-bond donors (Lipinski definition) is 2. The topological polar surface area (TPSA) is 108 Å². The first-order valence-corrected chi connectivity index (χ1v) is 13.1. The summed E-state index contributed by atoms with van der Waals surface area (Å²) >= 11 is 0. The van der Waals surface area contributed by atoms with Crippen molar-refractivity contribution in [3.8, 4) is 0 Å². The van der Waals surface area contributed by atoms with Crippen molar-refractivity contribution in [3.63, 3.8) is 0 Å². The van der Waals surface area contributed by atoms with Gasteiger partial charge in [-0.15, -0.1) is 0 Å². The summed E-state index contributed by atoms with van der Waals surface area (Å²) < 4.78 is 9.65. The number of carbonyl (C=O) groups is 3. The second-order valence-corrected chi connectivity index (χ2v) is 8.43. The van der Waals surface area contributed by atoms with Crippen molar-refractivity contribution in [2.45, 2.75) is 90.3 Å². The Labute approximate surface area is 223 Å². The van der Waals surface area contributed by atoms with E-state index in [0.717, 1.165) is 38.5 Å². The van der Waals surface area contributed by atoms with Crippen LogP contribution in [0.5, 0.6) is 0 Å². The highest BCUT2D eigenvalue weighted by Crippen LogP contribution is 2.03. The number of rotatable bonds is 19. The molecule has 0 heterocycles. The molecule has 1 amide bonds. The van der Waals surface area contributed by atoms with E-state index in [1.807, 2.05) is 12.2 Å². The first kappa shape index (κ1) is 33.8. The number of carbonyl (C=O) groups excluding carboxylic acids is 3. The quantitative estimate of drug-likeness (QED) is 0.176. The van der Waals surface area contributed by atoms with Gasteiger partial charge in [-0.2, -0.15) is 0 Å². The van der Waals surface area contributed by atoms with Crippen molar-refractivity contribution in [3.05, 3.63) is 72.9 Å². The zero-order valence-corrected chi connectivity index (χ0v) is 22.9. The zero-order chi connectivity index (χ0) is 27.7. The van der Waals surface area contributed by atoms with E-state index in [0.29, 0.717) is 6.42 Å². The Hall–Kier alpha value is -3.19. The minimum atomic E-state index is -1.08. The Morgan fingerprint density at radius 2 is 1.16 bits per heavy atom. The van der Waals surface area contributed by atoms with Gasteiger partial charge >= 0.3 is 11.9 Å². The number of hydrogen-bond acceptors (Lipinski definition) is 6. The molecular weight excluding hydrogens is 468 g/mol. The average Bonchev–Trinajstić information content (AvgIpc) is 2.88. The highest BCUT2D eigenvalue weighted by Gasteiger charge is 2.27. The van der Waals surface area contributed by atoms with Crippen LogP contribution in [0.25, 0.3) is 0 Å². The molecular formula is C30H46N2O5. The number of ether oxygens (including phenoxy) is 2. The summed E-state index contributed by atoms with van der Waals surface area (Å²) in [5.41, 5.74) is 5.64. The van der Waals surface area contributed by atoms with Crippen LogP contribution in [0.2, 0.25) is 0 Å².